The van der Waals surface area contributed by atoms with E-state index in [9.17, 15) is 61.0 Å². The molecule has 0 spiro atoms. The molecule has 0 bridgehead atoms. The van der Waals surface area contributed by atoms with E-state index in [1.165, 1.54) is 6.07 Å². The van der Waals surface area contributed by atoms with E-state index in [4.69, 9.17) is 23.4 Å². The van der Waals surface area contributed by atoms with E-state index >= 15 is 0 Å². The highest BCUT2D eigenvalue weighted by Gasteiger charge is 2.45. The molecule has 0 unspecified atom stereocenters. The molecule has 2 saturated heterocycles. The molecule has 44 heavy (non-hydrogen) atoms. The van der Waals surface area contributed by atoms with E-state index in [0.717, 1.165) is 24.3 Å². The van der Waals surface area contributed by atoms with Gasteiger partial charge in [-0.1, -0.05) is 0 Å². The summed E-state index contributed by atoms with van der Waals surface area (Å²) in [7, 11) is 0. The summed E-state index contributed by atoms with van der Waals surface area (Å²) >= 11 is 0. The van der Waals surface area contributed by atoms with Gasteiger partial charge in [-0.05, 0) is 18.2 Å². The fraction of sp³-hybridized carbons (Fsp3) is 0.444. The number of ether oxygens (including phenoxy) is 4. The van der Waals surface area contributed by atoms with E-state index < -0.39 is 108 Å². The minimum atomic E-state index is -2.08. The molecular formula is C27H30O17. The predicted octanol–water partition coefficient (Wildman–Crippen LogP) is -3.07. The first-order chi connectivity index (χ1) is 20.8. The van der Waals surface area contributed by atoms with Crippen LogP contribution in [0.1, 0.15) is 0 Å². The summed E-state index contributed by atoms with van der Waals surface area (Å²) < 4.78 is 27.2. The molecule has 17 nitrogen and oxygen atoms in total. The second kappa shape index (κ2) is 12.3. The quantitative estimate of drug-likeness (QED) is 0.116. The van der Waals surface area contributed by atoms with E-state index in [2.05, 4.69) is 0 Å². The summed E-state index contributed by atoms with van der Waals surface area (Å²) in [4.78, 5) is 13.0. The number of aliphatic hydroxyl groups excluding tert-OH is 7. The Balaban J connectivity index is 1.46. The summed E-state index contributed by atoms with van der Waals surface area (Å²) in [5.41, 5.74) is -1.43. The number of hydrogen-bond acceptors (Lipinski definition) is 17. The SMILES string of the molecule is O=c1c(O)c(-c2ccc(O)c(O[C@@H]3O[C@H](CO)[C@@H](O)[C@H](O)[C@H]3O)c2)oc2cc(O[C@H]3CO[C@H](C(O)O)[C@@H](O)[C@H]3O)cc(O)c12. The van der Waals surface area contributed by atoms with Gasteiger partial charge in [-0.25, -0.2) is 0 Å². The molecule has 0 radical (unpaired) electrons. The zero-order valence-electron chi connectivity index (χ0n) is 22.4. The zero-order valence-corrected chi connectivity index (χ0v) is 22.4. The van der Waals surface area contributed by atoms with E-state index in [-0.39, 0.29) is 22.6 Å². The molecule has 2 aromatic carbocycles. The van der Waals surface area contributed by atoms with Gasteiger partial charge in [-0.3, -0.25) is 4.79 Å². The third-order valence-corrected chi connectivity index (χ3v) is 7.34. The normalized spacial score (nSPS) is 30.9. The van der Waals surface area contributed by atoms with Gasteiger partial charge in [0.25, 0.3) is 0 Å². The van der Waals surface area contributed by atoms with Crippen molar-refractivity contribution in [3.05, 3.63) is 40.6 Å². The molecule has 0 amide bonds. The van der Waals surface area contributed by atoms with Gasteiger partial charge in [0.2, 0.25) is 17.5 Å². The van der Waals surface area contributed by atoms with Gasteiger partial charge in [-0.2, -0.15) is 0 Å². The highest BCUT2D eigenvalue weighted by molar-refractivity contribution is 5.88. The van der Waals surface area contributed by atoms with Crippen molar-refractivity contribution in [3.8, 4) is 40.1 Å². The van der Waals surface area contributed by atoms with E-state index in [0.29, 0.717) is 0 Å². The van der Waals surface area contributed by atoms with Gasteiger partial charge in [0.1, 0.15) is 65.2 Å². The van der Waals surface area contributed by atoms with Crippen LogP contribution in [-0.4, -0.2) is 131 Å². The molecule has 1 aromatic heterocycles. The molecule has 5 rings (SSSR count). The number of benzene rings is 2. The van der Waals surface area contributed by atoms with Gasteiger partial charge >= 0.3 is 0 Å². The summed E-state index contributed by atoms with van der Waals surface area (Å²) in [5, 5.41) is 110. The topological polar surface area (TPSA) is 290 Å². The zero-order chi connectivity index (χ0) is 32.0. The van der Waals surface area contributed by atoms with Crippen molar-refractivity contribution in [2.45, 2.75) is 61.4 Å². The lowest BCUT2D eigenvalue weighted by Crippen LogP contribution is -2.60. The summed E-state index contributed by atoms with van der Waals surface area (Å²) in [6.07, 6.45) is -16.4. The molecule has 3 aromatic rings. The van der Waals surface area contributed by atoms with Crippen molar-refractivity contribution in [1.82, 2.24) is 0 Å². The van der Waals surface area contributed by atoms with Gasteiger partial charge in [0.05, 0.1) is 13.2 Å². The molecule has 2 fully saturated rings. The van der Waals surface area contributed by atoms with Gasteiger partial charge < -0.3 is 79.5 Å². The summed E-state index contributed by atoms with van der Waals surface area (Å²) in [6, 6.07) is 5.52. The maximum absolute atomic E-state index is 13.0. The number of hydrogen-bond donors (Lipinski definition) is 11. The molecule has 17 heteroatoms. The van der Waals surface area contributed by atoms with Crippen LogP contribution in [0.4, 0.5) is 0 Å². The lowest BCUT2D eigenvalue weighted by Gasteiger charge is -2.39. The molecule has 3 heterocycles. The van der Waals surface area contributed by atoms with Crippen LogP contribution >= 0.6 is 0 Å². The Hall–Kier alpha value is -3.75. The second-order valence-electron chi connectivity index (χ2n) is 10.3. The number of phenolic OH excluding ortho intramolecular Hbond substituents is 2. The molecule has 0 aliphatic carbocycles. The van der Waals surface area contributed by atoms with Crippen molar-refractivity contribution in [2.75, 3.05) is 13.2 Å². The number of aromatic hydroxyl groups is 3. The highest BCUT2D eigenvalue weighted by Crippen LogP contribution is 2.39. The van der Waals surface area contributed by atoms with Crippen LogP contribution in [0.15, 0.2) is 39.5 Å². The molecule has 240 valence electrons. The predicted molar refractivity (Wildman–Crippen MR) is 142 cm³/mol. The standard InChI is InChI=1S/C27H30O17/c28-6-14-17(31)20(34)23(37)27(44-14)43-12-3-8(1-2-10(12)29)24-22(36)19(33)16-11(30)4-9(5-13(16)42-24)41-15-7-40-25(26(38)39)21(35)18(15)32/h1-5,14-15,17-18,20-21,23,25-32,34-39H,6-7H2/t14-,15+,17-,18+,20+,21+,23-,25+,27-/m1/s1. The van der Waals surface area contributed by atoms with Crippen molar-refractivity contribution in [1.29, 1.82) is 0 Å². The Bertz CT molecular complexity index is 1550. The maximum Gasteiger partial charge on any atom is 0.238 e. The minimum absolute atomic E-state index is 0.0578. The maximum atomic E-state index is 13.0. The lowest BCUT2D eigenvalue weighted by atomic mass is 9.99. The smallest absolute Gasteiger partial charge is 0.238 e. The van der Waals surface area contributed by atoms with Crippen LogP contribution in [0.25, 0.3) is 22.3 Å². The number of aliphatic hydroxyl groups is 8. The molecule has 2 aliphatic rings. The summed E-state index contributed by atoms with van der Waals surface area (Å²) in [6.45, 7) is -1.13. The first-order valence-corrected chi connectivity index (χ1v) is 13.2. The van der Waals surface area contributed by atoms with Crippen LogP contribution in [0.2, 0.25) is 0 Å². The fourth-order valence-electron chi connectivity index (χ4n) is 4.93. The van der Waals surface area contributed by atoms with E-state index in [1.807, 2.05) is 0 Å². The van der Waals surface area contributed by atoms with Crippen molar-refractivity contribution < 1.29 is 79.5 Å². The molecule has 2 aliphatic heterocycles. The Morgan fingerprint density at radius 3 is 2.27 bits per heavy atom. The molecular weight excluding hydrogens is 596 g/mol. The third-order valence-electron chi connectivity index (χ3n) is 7.34. The minimum Gasteiger partial charge on any atom is -0.507 e. The summed E-state index contributed by atoms with van der Waals surface area (Å²) in [5.74, 6) is -3.15. The van der Waals surface area contributed by atoms with Crippen molar-refractivity contribution in [3.63, 3.8) is 0 Å². The fourth-order valence-corrected chi connectivity index (χ4v) is 4.93. The molecule has 0 saturated carbocycles. The van der Waals surface area contributed by atoms with Gasteiger partial charge in [0.15, 0.2) is 29.7 Å². The monoisotopic (exact) mass is 626 g/mol. The second-order valence-corrected chi connectivity index (χ2v) is 10.3. The number of rotatable bonds is 7. The largest absolute Gasteiger partial charge is 0.507 e. The van der Waals surface area contributed by atoms with Crippen LogP contribution in [0, 0.1) is 0 Å². The van der Waals surface area contributed by atoms with Crippen LogP contribution in [0.5, 0.6) is 28.7 Å². The van der Waals surface area contributed by atoms with E-state index in [1.54, 1.807) is 0 Å². The molecule has 11 N–H and O–H groups in total. The Labute approximate surface area is 246 Å². The Morgan fingerprint density at radius 2 is 1.59 bits per heavy atom. The van der Waals surface area contributed by atoms with Gasteiger partial charge in [-0.15, -0.1) is 0 Å². The molecule has 9 atom stereocenters. The average molecular weight is 627 g/mol. The van der Waals surface area contributed by atoms with Crippen molar-refractivity contribution in [2.24, 2.45) is 0 Å². The average Bonchev–Trinajstić information content (AvgIpc) is 2.98. The lowest BCUT2D eigenvalue weighted by molar-refractivity contribution is -0.277. The Kier molecular flexibility index (Phi) is 8.87. The number of fused-ring (bicyclic) bond motifs is 1. The first kappa shape index (κ1) is 31.7. The van der Waals surface area contributed by atoms with Crippen LogP contribution in [-0.2, 0) is 9.47 Å². The van der Waals surface area contributed by atoms with Crippen LogP contribution in [0.3, 0.4) is 0 Å². The van der Waals surface area contributed by atoms with Gasteiger partial charge in [0, 0.05) is 17.7 Å². The Morgan fingerprint density at radius 1 is 0.864 bits per heavy atom. The third kappa shape index (κ3) is 5.73. The van der Waals surface area contributed by atoms with Crippen LogP contribution < -0.4 is 14.9 Å². The van der Waals surface area contributed by atoms with Crippen molar-refractivity contribution >= 4 is 11.0 Å². The first-order valence-electron chi connectivity index (χ1n) is 13.2. The highest BCUT2D eigenvalue weighted by atomic mass is 16.7. The number of phenols is 2.